The van der Waals surface area contributed by atoms with Gasteiger partial charge < -0.3 is 10.0 Å². The van der Waals surface area contributed by atoms with Gasteiger partial charge in [-0.2, -0.15) is 0 Å². The third kappa shape index (κ3) is 4.35. The van der Waals surface area contributed by atoms with Crippen LogP contribution < -0.4 is 5.32 Å². The summed E-state index contributed by atoms with van der Waals surface area (Å²) >= 11 is 0. The molecule has 110 valence electrons. The number of carboxylic acid groups (broad SMARTS) is 1. The molecule has 0 fully saturated rings. The van der Waals surface area contributed by atoms with Crippen LogP contribution in [0.5, 0.6) is 0 Å². The van der Waals surface area contributed by atoms with Gasteiger partial charge in [-0.05, 0) is 18.9 Å². The van der Waals surface area contributed by atoms with Crippen LogP contribution >= 0.6 is 0 Å². The van der Waals surface area contributed by atoms with Crippen molar-refractivity contribution < 1.29 is 14.7 Å². The first kappa shape index (κ1) is 16.2. The zero-order valence-electron chi connectivity index (χ0n) is 12.2. The van der Waals surface area contributed by atoms with E-state index < -0.39 is 11.5 Å². The number of amides is 1. The number of hydrogen-bond acceptors (Lipinski definition) is 3. The molecule has 1 amide bonds. The molecule has 0 aliphatic carbocycles. The highest BCUT2D eigenvalue weighted by Crippen LogP contribution is 2.09. The fraction of sp³-hybridized carbons (Fsp3) is 0.467. The lowest BCUT2D eigenvalue weighted by molar-refractivity contribution is -0.144. The highest BCUT2D eigenvalue weighted by atomic mass is 16.4. The Morgan fingerprint density at radius 2 is 1.90 bits per heavy atom. The molecule has 20 heavy (non-hydrogen) atoms. The maximum Gasteiger partial charge on any atom is 0.323 e. The summed E-state index contributed by atoms with van der Waals surface area (Å²) in [5, 5.41) is 12.0. The third-order valence-electron chi connectivity index (χ3n) is 3.50. The van der Waals surface area contributed by atoms with E-state index in [-0.39, 0.29) is 12.5 Å². The van der Waals surface area contributed by atoms with Gasteiger partial charge in [-0.1, -0.05) is 37.3 Å². The summed E-state index contributed by atoms with van der Waals surface area (Å²) in [7, 11) is 1.71. The molecule has 1 aromatic carbocycles. The van der Waals surface area contributed by atoms with E-state index in [0.29, 0.717) is 13.0 Å². The van der Waals surface area contributed by atoms with E-state index in [0.717, 1.165) is 5.56 Å². The van der Waals surface area contributed by atoms with Gasteiger partial charge >= 0.3 is 5.97 Å². The number of benzene rings is 1. The van der Waals surface area contributed by atoms with E-state index in [2.05, 4.69) is 5.32 Å². The van der Waals surface area contributed by atoms with E-state index in [4.69, 9.17) is 5.11 Å². The lowest BCUT2D eigenvalue weighted by Crippen LogP contribution is -2.52. The first-order chi connectivity index (χ1) is 9.39. The molecular formula is C15H22N2O3. The Balaban J connectivity index is 2.52. The minimum Gasteiger partial charge on any atom is -0.480 e. The minimum absolute atomic E-state index is 0.0139. The van der Waals surface area contributed by atoms with E-state index in [1.807, 2.05) is 30.3 Å². The van der Waals surface area contributed by atoms with Crippen molar-refractivity contribution in [1.82, 2.24) is 10.2 Å². The van der Waals surface area contributed by atoms with Crippen LogP contribution in [0.3, 0.4) is 0 Å². The average molecular weight is 278 g/mol. The van der Waals surface area contributed by atoms with Crippen LogP contribution in [0.15, 0.2) is 30.3 Å². The molecule has 5 nitrogen and oxygen atoms in total. The number of nitrogens with zero attached hydrogens (tertiary/aromatic N) is 1. The van der Waals surface area contributed by atoms with Crippen molar-refractivity contribution >= 4 is 11.9 Å². The Morgan fingerprint density at radius 1 is 1.30 bits per heavy atom. The molecule has 5 heteroatoms. The minimum atomic E-state index is -1.07. The average Bonchev–Trinajstić information content (AvgIpc) is 2.45. The van der Waals surface area contributed by atoms with Crippen LogP contribution in [0.1, 0.15) is 25.8 Å². The molecule has 0 radical (unpaired) electrons. The number of carbonyl (C=O) groups is 2. The van der Waals surface area contributed by atoms with Crippen molar-refractivity contribution in [3.8, 4) is 0 Å². The summed E-state index contributed by atoms with van der Waals surface area (Å²) in [6.45, 7) is 3.89. The first-order valence-electron chi connectivity index (χ1n) is 6.65. The van der Waals surface area contributed by atoms with Crippen molar-refractivity contribution in [3.63, 3.8) is 0 Å². The molecule has 1 atom stereocenters. The number of carbonyl (C=O) groups excluding carboxylic acids is 1. The van der Waals surface area contributed by atoms with Gasteiger partial charge in [-0.3, -0.25) is 14.9 Å². The van der Waals surface area contributed by atoms with Crippen molar-refractivity contribution in [3.05, 3.63) is 35.9 Å². The largest absolute Gasteiger partial charge is 0.480 e. The number of aliphatic carboxylic acids is 1. The monoisotopic (exact) mass is 278 g/mol. The van der Waals surface area contributed by atoms with Crippen LogP contribution in [0.2, 0.25) is 0 Å². The van der Waals surface area contributed by atoms with Crippen molar-refractivity contribution in [2.24, 2.45) is 0 Å². The molecular weight excluding hydrogens is 256 g/mol. The van der Waals surface area contributed by atoms with Crippen LogP contribution in [0.25, 0.3) is 0 Å². The number of nitrogens with one attached hydrogen (secondary N) is 1. The lowest BCUT2D eigenvalue weighted by atomic mass is 9.99. The van der Waals surface area contributed by atoms with Gasteiger partial charge in [0.15, 0.2) is 0 Å². The molecule has 0 spiro atoms. The standard InChI is InChI=1S/C15H22N2O3/c1-4-15(2,14(19)20)16-10-13(18)17(3)11-12-8-6-5-7-9-12/h5-9,16H,4,10-11H2,1-3H3,(H,19,20). The van der Waals surface area contributed by atoms with Gasteiger partial charge in [-0.25, -0.2) is 0 Å². The summed E-state index contributed by atoms with van der Waals surface area (Å²) in [5.74, 6) is -1.08. The Kier molecular flexibility index (Phi) is 5.70. The SMILES string of the molecule is CCC(C)(NCC(=O)N(C)Cc1ccccc1)C(=O)O. The second-order valence-corrected chi connectivity index (χ2v) is 5.08. The molecule has 0 bridgehead atoms. The van der Waals surface area contributed by atoms with Gasteiger partial charge in [0.2, 0.25) is 5.91 Å². The number of likely N-dealkylation sites (N-methyl/N-ethyl adjacent to an activating group) is 1. The van der Waals surface area contributed by atoms with Gasteiger partial charge in [0, 0.05) is 13.6 Å². The Hall–Kier alpha value is -1.88. The fourth-order valence-electron chi connectivity index (χ4n) is 1.70. The van der Waals surface area contributed by atoms with Crippen molar-refractivity contribution in [2.75, 3.05) is 13.6 Å². The van der Waals surface area contributed by atoms with E-state index in [1.54, 1.807) is 25.8 Å². The highest BCUT2D eigenvalue weighted by molar-refractivity contribution is 5.81. The van der Waals surface area contributed by atoms with Crippen molar-refractivity contribution in [2.45, 2.75) is 32.4 Å². The normalized spacial score (nSPS) is 13.6. The van der Waals surface area contributed by atoms with Gasteiger partial charge in [0.25, 0.3) is 0 Å². The van der Waals surface area contributed by atoms with E-state index >= 15 is 0 Å². The topological polar surface area (TPSA) is 69.6 Å². The van der Waals surface area contributed by atoms with Gasteiger partial charge in [0.1, 0.15) is 5.54 Å². The quantitative estimate of drug-likeness (QED) is 0.793. The van der Waals surface area contributed by atoms with Crippen LogP contribution in [-0.2, 0) is 16.1 Å². The van der Waals surface area contributed by atoms with Crippen molar-refractivity contribution in [1.29, 1.82) is 0 Å². The summed E-state index contributed by atoms with van der Waals surface area (Å²) in [4.78, 5) is 24.7. The predicted molar refractivity (Wildman–Crippen MR) is 77.3 cm³/mol. The summed E-state index contributed by atoms with van der Waals surface area (Å²) in [6.07, 6.45) is 0.415. The van der Waals surface area contributed by atoms with E-state index in [1.165, 1.54) is 0 Å². The molecule has 0 saturated carbocycles. The van der Waals surface area contributed by atoms with Crippen LogP contribution in [-0.4, -0.2) is 41.0 Å². The fourth-order valence-corrected chi connectivity index (χ4v) is 1.70. The molecule has 2 N–H and O–H groups in total. The Morgan fingerprint density at radius 3 is 2.40 bits per heavy atom. The molecule has 0 heterocycles. The predicted octanol–water partition coefficient (Wildman–Crippen LogP) is 1.49. The zero-order valence-corrected chi connectivity index (χ0v) is 12.2. The molecule has 0 aromatic heterocycles. The zero-order chi connectivity index (χ0) is 15.2. The molecule has 1 aromatic rings. The second kappa shape index (κ2) is 7.05. The summed E-state index contributed by atoms with van der Waals surface area (Å²) in [5.41, 5.74) is -0.0247. The Bertz CT molecular complexity index is 461. The number of rotatable bonds is 7. The smallest absolute Gasteiger partial charge is 0.323 e. The number of carboxylic acids is 1. The maximum atomic E-state index is 12.0. The second-order valence-electron chi connectivity index (χ2n) is 5.08. The lowest BCUT2D eigenvalue weighted by Gasteiger charge is -2.26. The molecule has 0 aliphatic rings. The summed E-state index contributed by atoms with van der Waals surface area (Å²) < 4.78 is 0. The highest BCUT2D eigenvalue weighted by Gasteiger charge is 2.31. The van der Waals surface area contributed by atoms with Crippen LogP contribution in [0.4, 0.5) is 0 Å². The maximum absolute atomic E-state index is 12.0. The first-order valence-corrected chi connectivity index (χ1v) is 6.65. The number of hydrogen-bond donors (Lipinski definition) is 2. The molecule has 1 unspecified atom stereocenters. The summed E-state index contributed by atoms with van der Waals surface area (Å²) in [6, 6.07) is 9.66. The Labute approximate surface area is 119 Å². The van der Waals surface area contributed by atoms with Crippen LogP contribution in [0, 0.1) is 0 Å². The molecule has 1 rings (SSSR count). The van der Waals surface area contributed by atoms with Gasteiger partial charge in [-0.15, -0.1) is 0 Å². The third-order valence-corrected chi connectivity index (χ3v) is 3.50. The molecule has 0 aliphatic heterocycles. The van der Waals surface area contributed by atoms with Gasteiger partial charge in [0.05, 0.1) is 6.54 Å². The molecule has 0 saturated heterocycles. The van der Waals surface area contributed by atoms with E-state index in [9.17, 15) is 9.59 Å².